The first-order valence-corrected chi connectivity index (χ1v) is 12.4. The molecule has 0 bridgehead atoms. The molecule has 0 spiro atoms. The van der Waals surface area contributed by atoms with Crippen LogP contribution < -0.4 is 0 Å². The minimum Gasteiger partial charge on any atom is -0.302 e. The normalized spacial score (nSPS) is 11.4. The van der Waals surface area contributed by atoms with Gasteiger partial charge in [-0.2, -0.15) is 5.10 Å². The summed E-state index contributed by atoms with van der Waals surface area (Å²) in [6.45, 7) is 1.86. The number of hydrogen-bond donors (Lipinski definition) is 1. The number of aromatic nitrogens is 5. The molecular weight excluding hydrogens is 440 g/mol. The second-order valence-corrected chi connectivity index (χ2v) is 9.08. The summed E-state index contributed by atoms with van der Waals surface area (Å²) >= 11 is 1.52. The summed E-state index contributed by atoms with van der Waals surface area (Å²) in [5, 5.41) is 8.57. The SMILES string of the molecule is CSc1ncc2cc(-c3ccccc3)c(-c3ccc(CN(C)CCc4cn[nH]c4)cc3)nc2n1. The fraction of sp³-hybridized carbons (Fsp3) is 0.185. The Morgan fingerprint density at radius 3 is 2.47 bits per heavy atom. The van der Waals surface area contributed by atoms with Crippen LogP contribution in [-0.2, 0) is 13.0 Å². The van der Waals surface area contributed by atoms with Crippen LogP contribution in [0.4, 0.5) is 0 Å². The van der Waals surface area contributed by atoms with Crippen LogP contribution in [0.3, 0.4) is 0 Å². The molecule has 170 valence electrons. The van der Waals surface area contributed by atoms with Crippen LogP contribution in [0.1, 0.15) is 11.1 Å². The molecule has 0 saturated carbocycles. The highest BCUT2D eigenvalue weighted by molar-refractivity contribution is 7.98. The van der Waals surface area contributed by atoms with Crippen molar-refractivity contribution in [2.75, 3.05) is 19.8 Å². The number of rotatable bonds is 8. The quantitative estimate of drug-likeness (QED) is 0.241. The average Bonchev–Trinajstić information content (AvgIpc) is 3.41. The maximum absolute atomic E-state index is 5.00. The van der Waals surface area contributed by atoms with Crippen LogP contribution in [0.5, 0.6) is 0 Å². The monoisotopic (exact) mass is 466 g/mol. The van der Waals surface area contributed by atoms with Crippen LogP contribution in [0.15, 0.2) is 84.4 Å². The van der Waals surface area contributed by atoms with Gasteiger partial charge in [-0.1, -0.05) is 66.4 Å². The molecule has 34 heavy (non-hydrogen) atoms. The number of likely N-dealkylation sites (N-methyl/N-ethyl adjacent to an activating group) is 1. The highest BCUT2D eigenvalue weighted by atomic mass is 32.2. The summed E-state index contributed by atoms with van der Waals surface area (Å²) in [6, 6.07) is 21.2. The first kappa shape index (κ1) is 22.3. The van der Waals surface area contributed by atoms with Crippen LogP contribution in [0.25, 0.3) is 33.4 Å². The van der Waals surface area contributed by atoms with Crippen molar-refractivity contribution in [1.82, 2.24) is 30.0 Å². The van der Waals surface area contributed by atoms with E-state index >= 15 is 0 Å². The lowest BCUT2D eigenvalue weighted by Crippen LogP contribution is -2.20. The average molecular weight is 467 g/mol. The van der Waals surface area contributed by atoms with Crippen molar-refractivity contribution < 1.29 is 0 Å². The van der Waals surface area contributed by atoms with Crippen molar-refractivity contribution in [1.29, 1.82) is 0 Å². The number of nitrogens with one attached hydrogen (secondary N) is 1. The molecule has 7 heteroatoms. The molecule has 0 radical (unpaired) electrons. The molecule has 0 atom stereocenters. The molecule has 0 aliphatic rings. The smallest absolute Gasteiger partial charge is 0.189 e. The first-order valence-electron chi connectivity index (χ1n) is 11.2. The lowest BCUT2D eigenvalue weighted by molar-refractivity contribution is 0.331. The van der Waals surface area contributed by atoms with Gasteiger partial charge in [-0.15, -0.1) is 0 Å². The summed E-state index contributed by atoms with van der Waals surface area (Å²) in [4.78, 5) is 16.4. The molecule has 1 N–H and O–H groups in total. The molecule has 2 aromatic carbocycles. The van der Waals surface area contributed by atoms with Crippen molar-refractivity contribution in [2.45, 2.75) is 18.1 Å². The molecule has 0 fully saturated rings. The van der Waals surface area contributed by atoms with Gasteiger partial charge >= 0.3 is 0 Å². The summed E-state index contributed by atoms with van der Waals surface area (Å²) < 4.78 is 0. The first-order chi connectivity index (χ1) is 16.7. The van der Waals surface area contributed by atoms with Gasteiger partial charge < -0.3 is 4.90 Å². The van der Waals surface area contributed by atoms with Crippen molar-refractivity contribution in [3.63, 3.8) is 0 Å². The molecule has 3 aromatic heterocycles. The number of benzene rings is 2. The van der Waals surface area contributed by atoms with E-state index in [1.54, 1.807) is 0 Å². The van der Waals surface area contributed by atoms with Gasteiger partial charge in [0.05, 0.1) is 11.9 Å². The molecule has 0 aliphatic carbocycles. The zero-order valence-corrected chi connectivity index (χ0v) is 20.1. The number of hydrogen-bond acceptors (Lipinski definition) is 6. The van der Waals surface area contributed by atoms with Crippen molar-refractivity contribution in [3.8, 4) is 22.4 Å². The third kappa shape index (κ3) is 5.00. The number of thioether (sulfide) groups is 1. The Morgan fingerprint density at radius 1 is 0.912 bits per heavy atom. The molecule has 5 aromatic rings. The maximum Gasteiger partial charge on any atom is 0.189 e. The van der Waals surface area contributed by atoms with Crippen LogP contribution in [0.2, 0.25) is 0 Å². The molecule has 0 saturated heterocycles. The Bertz CT molecular complexity index is 1370. The minimum absolute atomic E-state index is 0.720. The lowest BCUT2D eigenvalue weighted by Gasteiger charge is -2.17. The van der Waals surface area contributed by atoms with E-state index in [2.05, 4.69) is 86.7 Å². The number of aromatic amines is 1. The predicted octanol–water partition coefficient (Wildman–Crippen LogP) is 5.48. The van der Waals surface area contributed by atoms with E-state index in [-0.39, 0.29) is 0 Å². The largest absolute Gasteiger partial charge is 0.302 e. The maximum atomic E-state index is 5.00. The van der Waals surface area contributed by atoms with Gasteiger partial charge in [0.1, 0.15) is 0 Å². The van der Waals surface area contributed by atoms with Gasteiger partial charge in [-0.05, 0) is 42.5 Å². The van der Waals surface area contributed by atoms with E-state index in [4.69, 9.17) is 4.98 Å². The van der Waals surface area contributed by atoms with E-state index in [0.29, 0.717) is 0 Å². The topological polar surface area (TPSA) is 70.6 Å². The third-order valence-electron chi connectivity index (χ3n) is 5.83. The Balaban J connectivity index is 1.44. The summed E-state index contributed by atoms with van der Waals surface area (Å²) in [7, 11) is 2.15. The van der Waals surface area contributed by atoms with Crippen LogP contribution >= 0.6 is 11.8 Å². The van der Waals surface area contributed by atoms with E-state index in [0.717, 1.165) is 58.1 Å². The van der Waals surface area contributed by atoms with Gasteiger partial charge in [-0.3, -0.25) is 5.10 Å². The van der Waals surface area contributed by atoms with Crippen LogP contribution in [-0.4, -0.2) is 49.9 Å². The second kappa shape index (κ2) is 10.2. The molecule has 5 rings (SSSR count). The van der Waals surface area contributed by atoms with Gasteiger partial charge in [0.15, 0.2) is 10.8 Å². The highest BCUT2D eigenvalue weighted by Crippen LogP contribution is 2.33. The number of H-pyrrole nitrogens is 1. The third-order valence-corrected chi connectivity index (χ3v) is 6.39. The molecular formula is C27H26N6S. The highest BCUT2D eigenvalue weighted by Gasteiger charge is 2.13. The predicted molar refractivity (Wildman–Crippen MR) is 139 cm³/mol. The lowest BCUT2D eigenvalue weighted by atomic mass is 9.97. The molecule has 0 unspecified atom stereocenters. The Kier molecular flexibility index (Phi) is 6.65. The van der Waals surface area contributed by atoms with Crippen molar-refractivity contribution in [3.05, 3.63) is 90.4 Å². The summed E-state index contributed by atoms with van der Waals surface area (Å²) in [5.41, 5.74) is 7.44. The minimum atomic E-state index is 0.720. The van der Waals surface area contributed by atoms with E-state index in [1.807, 2.05) is 30.9 Å². The Labute approximate surface area is 203 Å². The Hall–Kier alpha value is -3.55. The van der Waals surface area contributed by atoms with Crippen molar-refractivity contribution >= 4 is 22.8 Å². The fourth-order valence-corrected chi connectivity index (χ4v) is 4.33. The fourth-order valence-electron chi connectivity index (χ4n) is 4.00. The number of fused-ring (bicyclic) bond motifs is 1. The van der Waals surface area contributed by atoms with E-state index < -0.39 is 0 Å². The molecule has 3 heterocycles. The van der Waals surface area contributed by atoms with Gasteiger partial charge in [0, 0.05) is 42.0 Å². The van der Waals surface area contributed by atoms with Crippen LogP contribution in [0, 0.1) is 0 Å². The van der Waals surface area contributed by atoms with Gasteiger partial charge in [-0.25, -0.2) is 15.0 Å². The molecule has 6 nitrogen and oxygen atoms in total. The second-order valence-electron chi connectivity index (χ2n) is 8.31. The van der Waals surface area contributed by atoms with E-state index in [1.165, 1.54) is 22.9 Å². The summed E-state index contributed by atoms with van der Waals surface area (Å²) in [5.74, 6) is 0. The van der Waals surface area contributed by atoms with E-state index in [9.17, 15) is 0 Å². The zero-order chi connectivity index (χ0) is 23.3. The molecule has 0 aliphatic heterocycles. The Morgan fingerprint density at radius 2 is 1.74 bits per heavy atom. The van der Waals surface area contributed by atoms with Gasteiger partial charge in [0.25, 0.3) is 0 Å². The molecule has 0 amide bonds. The van der Waals surface area contributed by atoms with Crippen molar-refractivity contribution in [2.24, 2.45) is 0 Å². The van der Waals surface area contributed by atoms with Gasteiger partial charge in [0.2, 0.25) is 0 Å². The number of nitrogens with zero attached hydrogens (tertiary/aromatic N) is 5. The summed E-state index contributed by atoms with van der Waals surface area (Å²) in [6.07, 6.45) is 8.66. The number of pyridine rings is 1. The standard InChI is InChI=1S/C27H26N6S/c1-33(13-12-20-15-29-30-16-20)18-19-8-10-22(11-9-19)25-24(21-6-4-3-5-7-21)14-23-17-28-27(34-2)32-26(23)31-25/h3-11,14-17H,12-13,18H2,1-2H3,(H,29,30). The zero-order valence-electron chi connectivity index (χ0n) is 19.3.